The van der Waals surface area contributed by atoms with Gasteiger partial charge in [-0.15, -0.1) is 0 Å². The maximum Gasteiger partial charge on any atom is 0.326 e. The summed E-state index contributed by atoms with van der Waals surface area (Å²) in [6.45, 7) is 8.11. The third kappa shape index (κ3) is 15.2. The Morgan fingerprint density at radius 3 is 1.71 bits per heavy atom. The summed E-state index contributed by atoms with van der Waals surface area (Å²) < 4.78 is 0. The van der Waals surface area contributed by atoms with Crippen molar-refractivity contribution < 1.29 is 58.8 Å². The number of aromatic hydroxyl groups is 2. The fourth-order valence-corrected chi connectivity index (χ4v) is 6.88. The Labute approximate surface area is 365 Å². The molecule has 20 heteroatoms. The Hall–Kier alpha value is -6.28. The molecule has 20 nitrogen and oxygen atoms in total. The molecule has 0 aromatic heterocycles. The molecule has 1 aliphatic heterocycles. The number of phenolic OH excluding ortho intramolecular Hbond substituents is 2. The minimum atomic E-state index is -1.62. The maximum atomic E-state index is 14.0. The molecule has 1 fully saturated rings. The van der Waals surface area contributed by atoms with Gasteiger partial charge in [-0.3, -0.25) is 33.6 Å². The lowest BCUT2D eigenvalue weighted by Gasteiger charge is -2.32. The van der Waals surface area contributed by atoms with Gasteiger partial charge in [-0.1, -0.05) is 58.4 Å². The molecule has 13 N–H and O–H groups in total. The highest BCUT2D eigenvalue weighted by Crippen LogP contribution is 2.21. The first-order valence-corrected chi connectivity index (χ1v) is 21.0. The maximum absolute atomic E-state index is 14.0. The van der Waals surface area contributed by atoms with E-state index in [1.807, 2.05) is 0 Å². The molecular formula is C43H62N8O12. The number of hydrogen-bond acceptors (Lipinski definition) is 12. The van der Waals surface area contributed by atoms with Gasteiger partial charge in [-0.25, -0.2) is 4.79 Å². The van der Waals surface area contributed by atoms with Crippen molar-refractivity contribution in [2.24, 2.45) is 23.3 Å². The number of hydrogen-bond donors (Lipinski definition) is 11. The number of nitrogens with one attached hydrogen (secondary N) is 5. The van der Waals surface area contributed by atoms with Crippen LogP contribution in [-0.2, 0) is 51.2 Å². The summed E-state index contributed by atoms with van der Waals surface area (Å²) in [5.41, 5.74) is 12.5. The van der Waals surface area contributed by atoms with Crippen molar-refractivity contribution >= 4 is 47.3 Å². The zero-order valence-corrected chi connectivity index (χ0v) is 36.2. The molecular weight excluding hydrogens is 821 g/mol. The van der Waals surface area contributed by atoms with Crippen LogP contribution in [0.5, 0.6) is 11.5 Å². The zero-order chi connectivity index (χ0) is 47.1. The first kappa shape index (κ1) is 51.1. The number of rotatable bonds is 23. The Balaban J connectivity index is 1.82. The van der Waals surface area contributed by atoms with E-state index in [9.17, 15) is 58.8 Å². The molecule has 9 atom stereocenters. The largest absolute Gasteiger partial charge is 0.508 e. The van der Waals surface area contributed by atoms with E-state index in [1.165, 1.54) is 55.5 Å². The van der Waals surface area contributed by atoms with Gasteiger partial charge in [0.25, 0.3) is 0 Å². The van der Waals surface area contributed by atoms with Crippen molar-refractivity contribution in [3.63, 3.8) is 0 Å². The second kappa shape index (κ2) is 23.8. The first-order valence-electron chi connectivity index (χ1n) is 21.0. The second-order valence-electron chi connectivity index (χ2n) is 16.3. The molecule has 0 aliphatic carbocycles. The van der Waals surface area contributed by atoms with Crippen LogP contribution in [0.1, 0.15) is 77.8 Å². The van der Waals surface area contributed by atoms with E-state index in [2.05, 4.69) is 26.6 Å². The third-order valence-electron chi connectivity index (χ3n) is 11.0. The van der Waals surface area contributed by atoms with Gasteiger partial charge in [-0.2, -0.15) is 0 Å². The Morgan fingerprint density at radius 1 is 0.714 bits per heavy atom. The number of nitrogens with zero attached hydrogens (tertiary/aromatic N) is 1. The van der Waals surface area contributed by atoms with Gasteiger partial charge in [0.05, 0.1) is 12.1 Å². The van der Waals surface area contributed by atoms with Gasteiger partial charge in [0.2, 0.25) is 41.4 Å². The number of carboxylic acids is 1. The Morgan fingerprint density at radius 2 is 1.22 bits per heavy atom. The lowest BCUT2D eigenvalue weighted by atomic mass is 9.96. The van der Waals surface area contributed by atoms with E-state index < -0.39 is 102 Å². The van der Waals surface area contributed by atoms with Gasteiger partial charge in [0, 0.05) is 25.8 Å². The number of likely N-dealkylation sites (tertiary alicyclic amines) is 1. The Kier molecular flexibility index (Phi) is 19.3. The minimum absolute atomic E-state index is 0.0239. The lowest BCUT2D eigenvalue weighted by Crippen LogP contribution is -2.62. The van der Waals surface area contributed by atoms with Crippen molar-refractivity contribution in [2.45, 2.75) is 128 Å². The summed E-state index contributed by atoms with van der Waals surface area (Å²) >= 11 is 0. The SMILES string of the molecule is CC[C@H](C)[C@H](NC(=O)[C@H](CCC(N)=O)NC(=O)[C@H](Cc1ccc(O)cc1)NC(=O)[C@@H](N)C(C)C)C(=O)N[C@H](C(=O)N1CCC[C@H]1C(=O)N[C@@H](Cc1ccc(O)cc1)C(=O)O)[C@@H](C)O. The van der Waals surface area contributed by atoms with E-state index in [1.54, 1.807) is 27.7 Å². The topological polar surface area (TPSA) is 333 Å². The van der Waals surface area contributed by atoms with E-state index in [0.29, 0.717) is 24.0 Å². The average Bonchev–Trinajstić information content (AvgIpc) is 3.73. The summed E-state index contributed by atoms with van der Waals surface area (Å²) in [4.78, 5) is 108. The number of benzene rings is 2. The molecule has 1 heterocycles. The van der Waals surface area contributed by atoms with Crippen LogP contribution >= 0.6 is 0 Å². The molecule has 0 radical (unpaired) electrons. The smallest absolute Gasteiger partial charge is 0.326 e. The van der Waals surface area contributed by atoms with Crippen molar-refractivity contribution in [2.75, 3.05) is 6.54 Å². The van der Waals surface area contributed by atoms with Crippen LogP contribution in [0.15, 0.2) is 48.5 Å². The summed E-state index contributed by atoms with van der Waals surface area (Å²) in [5, 5.41) is 52.8. The van der Waals surface area contributed by atoms with E-state index >= 15 is 0 Å². The number of aliphatic hydroxyl groups is 1. The minimum Gasteiger partial charge on any atom is -0.508 e. The standard InChI is InChI=1S/C43H62N8O12/c1-6-23(4)35(49-37(56)29(17-18-33(44)55)46-38(57)30(47-40(59)34(45)22(2)3)20-25-9-13-27(53)14-10-25)41(60)50-36(24(5)52)42(61)51-19-7-8-32(51)39(58)48-31(43(62)63)21-26-11-15-28(54)16-12-26/h9-16,22-24,29-32,34-36,52-54H,6-8,17-21,45H2,1-5H3,(H2,44,55)(H,46,57)(H,47,59)(H,48,58)(H,49,56)(H,50,60)(H,62,63)/t23-,24+,29-,30-,31-,32-,34-,35-,36-/m0/s1. The monoisotopic (exact) mass is 882 g/mol. The highest BCUT2D eigenvalue weighted by molar-refractivity contribution is 5.97. The predicted molar refractivity (Wildman–Crippen MR) is 228 cm³/mol. The predicted octanol–water partition coefficient (Wildman–Crippen LogP) is -0.942. The van der Waals surface area contributed by atoms with Crippen LogP contribution in [0.25, 0.3) is 0 Å². The number of amides is 7. The van der Waals surface area contributed by atoms with E-state index in [4.69, 9.17) is 11.5 Å². The van der Waals surface area contributed by atoms with E-state index in [-0.39, 0.29) is 56.1 Å². The Bertz CT molecular complexity index is 1930. The molecule has 1 aliphatic rings. The quantitative estimate of drug-likeness (QED) is 0.0643. The molecule has 0 spiro atoms. The highest BCUT2D eigenvalue weighted by atomic mass is 16.4. The average molecular weight is 883 g/mol. The summed E-state index contributed by atoms with van der Waals surface area (Å²) in [7, 11) is 0. The molecule has 346 valence electrons. The van der Waals surface area contributed by atoms with Gasteiger partial charge in [0.15, 0.2) is 0 Å². The van der Waals surface area contributed by atoms with Gasteiger partial charge >= 0.3 is 5.97 Å². The molecule has 3 rings (SSSR count). The van der Waals surface area contributed by atoms with Crippen LogP contribution in [0.4, 0.5) is 0 Å². The first-order chi connectivity index (χ1) is 29.6. The van der Waals surface area contributed by atoms with Crippen LogP contribution in [-0.4, -0.2) is 128 Å². The number of carbonyl (C=O) groups excluding carboxylic acids is 7. The van der Waals surface area contributed by atoms with Crippen LogP contribution in [0.2, 0.25) is 0 Å². The summed E-state index contributed by atoms with van der Waals surface area (Å²) in [6.07, 6.45) is -1.54. The van der Waals surface area contributed by atoms with Crippen LogP contribution in [0.3, 0.4) is 0 Å². The second-order valence-corrected chi connectivity index (χ2v) is 16.3. The van der Waals surface area contributed by atoms with Crippen molar-refractivity contribution in [1.29, 1.82) is 0 Å². The third-order valence-corrected chi connectivity index (χ3v) is 11.0. The number of nitrogens with two attached hydrogens (primary N) is 2. The molecule has 2 aromatic rings. The number of carboxylic acid groups (broad SMARTS) is 1. The summed E-state index contributed by atoms with van der Waals surface area (Å²) in [5.74, 6) is -7.94. The molecule has 2 aromatic carbocycles. The normalized spacial score (nSPS) is 17.5. The fraction of sp³-hybridized carbons (Fsp3) is 0.535. The van der Waals surface area contributed by atoms with Gasteiger partial charge in [-0.05, 0) is 73.4 Å². The molecule has 0 bridgehead atoms. The fourth-order valence-electron chi connectivity index (χ4n) is 6.88. The number of aliphatic hydroxyl groups excluding tert-OH is 1. The van der Waals surface area contributed by atoms with Gasteiger partial charge in [0.1, 0.15) is 47.8 Å². The number of aliphatic carboxylic acids is 1. The molecule has 0 unspecified atom stereocenters. The highest BCUT2D eigenvalue weighted by Gasteiger charge is 2.42. The number of phenols is 2. The van der Waals surface area contributed by atoms with Crippen LogP contribution < -0.4 is 38.1 Å². The van der Waals surface area contributed by atoms with Crippen molar-refractivity contribution in [3.05, 3.63) is 59.7 Å². The van der Waals surface area contributed by atoms with Crippen molar-refractivity contribution in [1.82, 2.24) is 31.5 Å². The zero-order valence-electron chi connectivity index (χ0n) is 36.2. The van der Waals surface area contributed by atoms with Crippen molar-refractivity contribution in [3.8, 4) is 11.5 Å². The number of carbonyl (C=O) groups is 8. The molecule has 0 saturated carbocycles. The molecule has 63 heavy (non-hydrogen) atoms. The van der Waals surface area contributed by atoms with Crippen LogP contribution in [0, 0.1) is 11.8 Å². The molecule has 7 amide bonds. The van der Waals surface area contributed by atoms with Gasteiger partial charge < -0.3 is 63.4 Å². The lowest BCUT2D eigenvalue weighted by molar-refractivity contribution is -0.146. The van der Waals surface area contributed by atoms with E-state index in [0.717, 1.165) is 4.90 Å². The number of primary amides is 1. The molecule has 1 saturated heterocycles. The summed E-state index contributed by atoms with van der Waals surface area (Å²) in [6, 6.07) is 2.40.